The van der Waals surface area contributed by atoms with E-state index in [0.29, 0.717) is 6.04 Å². The van der Waals surface area contributed by atoms with Crippen LogP contribution in [0.4, 0.5) is 0 Å². The van der Waals surface area contributed by atoms with Gasteiger partial charge in [0.1, 0.15) is 0 Å². The third-order valence-electron chi connectivity index (χ3n) is 2.74. The quantitative estimate of drug-likeness (QED) is 0.803. The Bertz CT molecular complexity index is 315. The van der Waals surface area contributed by atoms with Crippen LogP contribution in [0.15, 0.2) is 6.07 Å². The van der Waals surface area contributed by atoms with Crippen LogP contribution in [0, 0.1) is 12.8 Å². The van der Waals surface area contributed by atoms with Crippen LogP contribution in [0.25, 0.3) is 0 Å². The fourth-order valence-corrected chi connectivity index (χ4v) is 2.08. The molecule has 0 amide bonds. The van der Waals surface area contributed by atoms with Gasteiger partial charge in [0.25, 0.3) is 0 Å². The van der Waals surface area contributed by atoms with E-state index in [0.717, 1.165) is 24.7 Å². The van der Waals surface area contributed by atoms with Crippen LogP contribution in [0.3, 0.4) is 0 Å². The molecule has 1 aromatic heterocycles. The van der Waals surface area contributed by atoms with E-state index in [-0.39, 0.29) is 0 Å². The molecule has 0 aromatic carbocycles. The summed E-state index contributed by atoms with van der Waals surface area (Å²) in [6.45, 7) is 12.8. The van der Waals surface area contributed by atoms with Crippen molar-refractivity contribution in [3.8, 4) is 0 Å². The van der Waals surface area contributed by atoms with Gasteiger partial charge in [-0.15, -0.1) is 0 Å². The highest BCUT2D eigenvalue weighted by Gasteiger charge is 2.07. The van der Waals surface area contributed by atoms with Gasteiger partial charge in [0.2, 0.25) is 0 Å². The molecule has 0 spiro atoms. The molecule has 0 aliphatic carbocycles. The normalized spacial score (nSPS) is 13.4. The summed E-state index contributed by atoms with van der Waals surface area (Å²) in [4.78, 5) is 0. The molecule has 1 rings (SSSR count). The first-order valence-corrected chi connectivity index (χ1v) is 6.29. The summed E-state index contributed by atoms with van der Waals surface area (Å²) < 4.78 is 2.07. The van der Waals surface area contributed by atoms with Crippen molar-refractivity contribution in [2.24, 2.45) is 5.92 Å². The van der Waals surface area contributed by atoms with E-state index >= 15 is 0 Å². The van der Waals surface area contributed by atoms with Crippen molar-refractivity contribution in [3.05, 3.63) is 17.5 Å². The first kappa shape index (κ1) is 13.2. The van der Waals surface area contributed by atoms with Gasteiger partial charge in [-0.3, -0.25) is 4.68 Å². The van der Waals surface area contributed by atoms with Gasteiger partial charge in [-0.25, -0.2) is 0 Å². The Labute approximate surface area is 99.2 Å². The minimum absolute atomic E-state index is 0.570. The topological polar surface area (TPSA) is 29.9 Å². The Morgan fingerprint density at radius 2 is 2.06 bits per heavy atom. The van der Waals surface area contributed by atoms with E-state index in [9.17, 15) is 0 Å². The zero-order valence-corrected chi connectivity index (χ0v) is 11.2. The van der Waals surface area contributed by atoms with E-state index in [1.807, 2.05) is 6.92 Å². The second-order valence-corrected chi connectivity index (χ2v) is 5.00. The Balaban J connectivity index is 2.47. The zero-order chi connectivity index (χ0) is 12.1. The molecule has 0 saturated heterocycles. The van der Waals surface area contributed by atoms with Crippen LogP contribution < -0.4 is 5.32 Å². The van der Waals surface area contributed by atoms with Crippen LogP contribution in [0.5, 0.6) is 0 Å². The third kappa shape index (κ3) is 3.97. The van der Waals surface area contributed by atoms with E-state index in [4.69, 9.17) is 0 Å². The van der Waals surface area contributed by atoms with Crippen LogP contribution >= 0.6 is 0 Å². The second kappa shape index (κ2) is 6.04. The average Bonchev–Trinajstić information content (AvgIpc) is 2.55. The number of rotatable bonds is 6. The molecule has 3 nitrogen and oxygen atoms in total. The summed E-state index contributed by atoms with van der Waals surface area (Å²) in [5.41, 5.74) is 2.39. The number of hydrogen-bond donors (Lipinski definition) is 1. The van der Waals surface area contributed by atoms with Crippen LogP contribution in [0.2, 0.25) is 0 Å². The zero-order valence-electron chi connectivity index (χ0n) is 11.2. The summed E-state index contributed by atoms with van der Waals surface area (Å²) >= 11 is 0. The maximum atomic E-state index is 4.44. The highest BCUT2D eigenvalue weighted by atomic mass is 15.3. The molecule has 3 heteroatoms. The fourth-order valence-electron chi connectivity index (χ4n) is 2.08. The molecule has 0 bridgehead atoms. The molecule has 0 aliphatic heterocycles. The van der Waals surface area contributed by atoms with Crippen LogP contribution in [0.1, 0.15) is 45.5 Å². The van der Waals surface area contributed by atoms with Crippen LogP contribution in [-0.2, 0) is 13.1 Å². The van der Waals surface area contributed by atoms with Crippen molar-refractivity contribution in [1.82, 2.24) is 15.1 Å². The molecule has 92 valence electrons. The standard InChI is InChI=1S/C13H25N3/c1-6-16-13(8-12(5)15-16)9-14-11(4)7-10(2)3/h8,10-11,14H,6-7,9H2,1-5H3. The summed E-state index contributed by atoms with van der Waals surface area (Å²) in [7, 11) is 0. The molecule has 1 atom stereocenters. The lowest BCUT2D eigenvalue weighted by Crippen LogP contribution is -2.27. The van der Waals surface area contributed by atoms with Crippen molar-refractivity contribution in [3.63, 3.8) is 0 Å². The SMILES string of the molecule is CCn1nc(C)cc1CNC(C)CC(C)C. The van der Waals surface area contributed by atoms with Gasteiger partial charge in [-0.1, -0.05) is 13.8 Å². The van der Waals surface area contributed by atoms with Gasteiger partial charge in [0.15, 0.2) is 0 Å². The van der Waals surface area contributed by atoms with Crippen molar-refractivity contribution >= 4 is 0 Å². The molecule has 1 unspecified atom stereocenters. The molecule has 1 aromatic rings. The maximum Gasteiger partial charge on any atom is 0.0597 e. The smallest absolute Gasteiger partial charge is 0.0597 e. The molecule has 0 fully saturated rings. The van der Waals surface area contributed by atoms with Gasteiger partial charge in [0.05, 0.1) is 11.4 Å². The lowest BCUT2D eigenvalue weighted by atomic mass is 10.1. The highest BCUT2D eigenvalue weighted by Crippen LogP contribution is 2.07. The summed E-state index contributed by atoms with van der Waals surface area (Å²) in [5, 5.41) is 8.00. The van der Waals surface area contributed by atoms with E-state index in [1.165, 1.54) is 12.1 Å². The molecule has 0 radical (unpaired) electrons. The summed E-state index contributed by atoms with van der Waals surface area (Å²) in [6, 6.07) is 2.74. The molecule has 1 N–H and O–H groups in total. The van der Waals surface area contributed by atoms with Gasteiger partial charge in [-0.2, -0.15) is 5.10 Å². The molecular weight excluding hydrogens is 198 g/mol. The van der Waals surface area contributed by atoms with Crippen molar-refractivity contribution in [2.45, 2.75) is 60.2 Å². The number of nitrogens with zero attached hydrogens (tertiary/aromatic N) is 2. The molecule has 16 heavy (non-hydrogen) atoms. The molecule has 0 aliphatic rings. The Morgan fingerprint density at radius 1 is 1.38 bits per heavy atom. The van der Waals surface area contributed by atoms with E-state index in [2.05, 4.69) is 48.9 Å². The monoisotopic (exact) mass is 223 g/mol. The van der Waals surface area contributed by atoms with Gasteiger partial charge < -0.3 is 5.32 Å². The first-order chi connectivity index (χ1) is 7.52. The first-order valence-electron chi connectivity index (χ1n) is 6.29. The van der Waals surface area contributed by atoms with Gasteiger partial charge >= 0.3 is 0 Å². The van der Waals surface area contributed by atoms with Gasteiger partial charge in [0, 0.05) is 19.1 Å². The molecule has 0 saturated carbocycles. The number of aryl methyl sites for hydroxylation is 2. The van der Waals surface area contributed by atoms with Gasteiger partial charge in [-0.05, 0) is 39.2 Å². The third-order valence-corrected chi connectivity index (χ3v) is 2.74. The van der Waals surface area contributed by atoms with Crippen molar-refractivity contribution in [1.29, 1.82) is 0 Å². The summed E-state index contributed by atoms with van der Waals surface area (Å²) in [5.74, 6) is 0.750. The lowest BCUT2D eigenvalue weighted by molar-refractivity contribution is 0.432. The number of hydrogen-bond acceptors (Lipinski definition) is 2. The highest BCUT2D eigenvalue weighted by molar-refractivity contribution is 5.08. The predicted octanol–water partition coefficient (Wildman–Crippen LogP) is 2.74. The van der Waals surface area contributed by atoms with E-state index < -0.39 is 0 Å². The van der Waals surface area contributed by atoms with Crippen LogP contribution in [-0.4, -0.2) is 15.8 Å². The minimum atomic E-state index is 0.570. The Hall–Kier alpha value is -0.830. The predicted molar refractivity (Wildman–Crippen MR) is 68.4 cm³/mol. The number of nitrogens with one attached hydrogen (secondary N) is 1. The fraction of sp³-hybridized carbons (Fsp3) is 0.769. The molecular formula is C13H25N3. The number of aromatic nitrogens is 2. The van der Waals surface area contributed by atoms with Crippen molar-refractivity contribution < 1.29 is 0 Å². The molecule has 1 heterocycles. The van der Waals surface area contributed by atoms with Crippen molar-refractivity contribution in [2.75, 3.05) is 0 Å². The lowest BCUT2D eigenvalue weighted by Gasteiger charge is -2.16. The summed E-state index contributed by atoms with van der Waals surface area (Å²) in [6.07, 6.45) is 1.22. The average molecular weight is 223 g/mol. The minimum Gasteiger partial charge on any atom is -0.309 e. The maximum absolute atomic E-state index is 4.44. The van der Waals surface area contributed by atoms with E-state index in [1.54, 1.807) is 0 Å². The largest absolute Gasteiger partial charge is 0.309 e. The Morgan fingerprint density at radius 3 is 2.62 bits per heavy atom. The second-order valence-electron chi connectivity index (χ2n) is 5.00. The Kier molecular flexibility index (Phi) is 5.00.